The summed E-state index contributed by atoms with van der Waals surface area (Å²) in [6, 6.07) is 20.9. The van der Waals surface area contributed by atoms with Crippen LogP contribution < -0.4 is 10.2 Å². The second-order valence-electron chi connectivity index (χ2n) is 14.7. The number of aromatic amines is 3. The van der Waals surface area contributed by atoms with Crippen molar-refractivity contribution in [1.29, 1.82) is 0 Å². The topological polar surface area (TPSA) is 92.1 Å². The number of anilines is 1. The van der Waals surface area contributed by atoms with Crippen LogP contribution in [0, 0.1) is 5.92 Å². The number of benzene rings is 1. The average Bonchev–Trinajstić information content (AvgIpc) is 3.83. The fourth-order valence-corrected chi connectivity index (χ4v) is 7.17. The number of carbonyl (C=O) groups is 1. The van der Waals surface area contributed by atoms with Crippen LogP contribution in [0.4, 0.5) is 5.69 Å². The van der Waals surface area contributed by atoms with Crippen LogP contribution in [0.15, 0.2) is 83.5 Å². The number of carbonyl (C=O) groups excluding carboxylic acids is 1. The molecule has 7 rings (SSSR count). The van der Waals surface area contributed by atoms with Gasteiger partial charge in [0.25, 0.3) is 5.91 Å². The molecule has 4 N–H and O–H groups in total. The Balaban J connectivity index is 1.38. The van der Waals surface area contributed by atoms with Gasteiger partial charge in [-0.15, -0.1) is 0 Å². The fourth-order valence-electron chi connectivity index (χ4n) is 6.84. The Morgan fingerprint density at radius 2 is 1.24 bits per heavy atom. The highest BCUT2D eigenvalue weighted by Gasteiger charge is 2.39. The number of thiocarbonyl (C=S) groups is 1. The molecule has 1 fully saturated rings. The van der Waals surface area contributed by atoms with E-state index in [1.54, 1.807) is 4.90 Å². The molecule has 3 aliphatic heterocycles. The minimum atomic E-state index is -0.353. The number of aliphatic imine (C=N–C) groups is 1. The molecule has 0 saturated carbocycles. The maximum absolute atomic E-state index is 13.2. The van der Waals surface area contributed by atoms with E-state index in [4.69, 9.17) is 17.2 Å². The van der Waals surface area contributed by atoms with Crippen molar-refractivity contribution in [3.63, 3.8) is 0 Å². The summed E-state index contributed by atoms with van der Waals surface area (Å²) in [5.74, 6) is 0.118. The number of hydrogen-bond donors (Lipinski definition) is 4. The van der Waals surface area contributed by atoms with Gasteiger partial charge < -0.3 is 20.3 Å². The average molecular weight is 631 g/mol. The molecule has 0 unspecified atom stereocenters. The van der Waals surface area contributed by atoms with Crippen LogP contribution in [-0.2, 0) is 21.0 Å². The molecular weight excluding hydrogens is 589 g/mol. The lowest BCUT2D eigenvalue weighted by Crippen LogP contribution is -2.34. The highest BCUT2D eigenvalue weighted by molar-refractivity contribution is 7.80. The van der Waals surface area contributed by atoms with Gasteiger partial charge in [-0.2, -0.15) is 0 Å². The van der Waals surface area contributed by atoms with Crippen molar-refractivity contribution in [2.75, 3.05) is 4.90 Å². The Bertz CT molecular complexity index is 1970. The minimum Gasteiger partial charge on any atom is -0.361 e. The lowest BCUT2D eigenvalue weighted by Gasteiger charge is -2.27. The molecular formula is C38H42N6OS. The SMILES string of the molecule is CC(C)[C@@H]1NC(=S)N(c2ccc(/C3=C4\C=CC(=N4)C(C)(C)c4ccc([nH]4)C(C)(C)c4ccc([nH]4)C(C)(C)c4ccc3[nH]4)cc2)C1=O. The first-order valence-corrected chi connectivity index (χ1v) is 16.5. The van der Waals surface area contributed by atoms with Crippen molar-refractivity contribution < 1.29 is 4.79 Å². The zero-order valence-electron chi connectivity index (χ0n) is 27.8. The summed E-state index contributed by atoms with van der Waals surface area (Å²) < 4.78 is 0. The van der Waals surface area contributed by atoms with Crippen molar-refractivity contribution in [2.45, 2.75) is 77.7 Å². The Kier molecular flexibility index (Phi) is 6.76. The van der Waals surface area contributed by atoms with Gasteiger partial charge >= 0.3 is 0 Å². The molecule has 8 bridgehead atoms. The molecule has 46 heavy (non-hydrogen) atoms. The van der Waals surface area contributed by atoms with E-state index in [1.807, 2.05) is 26.0 Å². The largest absolute Gasteiger partial charge is 0.361 e. The van der Waals surface area contributed by atoms with E-state index in [2.05, 4.69) is 122 Å². The summed E-state index contributed by atoms with van der Waals surface area (Å²) in [5, 5.41) is 3.63. The smallest absolute Gasteiger partial charge is 0.256 e. The van der Waals surface area contributed by atoms with E-state index in [-0.39, 0.29) is 34.1 Å². The number of rotatable bonds is 3. The van der Waals surface area contributed by atoms with E-state index < -0.39 is 0 Å². The number of fused-ring (bicyclic) bond motifs is 7. The lowest BCUT2D eigenvalue weighted by atomic mass is 9.84. The highest BCUT2D eigenvalue weighted by atomic mass is 32.1. The van der Waals surface area contributed by atoms with E-state index in [0.717, 1.165) is 62.4 Å². The van der Waals surface area contributed by atoms with Gasteiger partial charge in [0.1, 0.15) is 6.04 Å². The number of nitrogens with zero attached hydrogens (tertiary/aromatic N) is 2. The molecule has 7 nitrogen and oxygen atoms in total. The van der Waals surface area contributed by atoms with Crippen molar-refractivity contribution >= 4 is 40.2 Å². The van der Waals surface area contributed by atoms with E-state index >= 15 is 0 Å². The first kappa shape index (κ1) is 30.2. The first-order chi connectivity index (χ1) is 21.7. The van der Waals surface area contributed by atoms with Gasteiger partial charge in [-0.05, 0) is 126 Å². The van der Waals surface area contributed by atoms with E-state index in [9.17, 15) is 4.79 Å². The number of allylic oxidation sites excluding steroid dienone is 2. The number of nitrogens with one attached hydrogen (secondary N) is 4. The van der Waals surface area contributed by atoms with Crippen LogP contribution in [0.25, 0.3) is 5.57 Å². The number of aromatic nitrogens is 3. The number of H-pyrrole nitrogens is 3. The summed E-state index contributed by atoms with van der Waals surface area (Å²) in [6.45, 7) is 17.5. The third-order valence-electron chi connectivity index (χ3n) is 10.3. The molecule has 0 spiro atoms. The van der Waals surface area contributed by atoms with Gasteiger partial charge in [-0.1, -0.05) is 26.0 Å². The van der Waals surface area contributed by atoms with Crippen LogP contribution in [0.3, 0.4) is 0 Å². The Morgan fingerprint density at radius 1 is 0.717 bits per heavy atom. The van der Waals surface area contributed by atoms with E-state index in [0.29, 0.717) is 5.11 Å². The zero-order valence-corrected chi connectivity index (χ0v) is 28.6. The molecule has 236 valence electrons. The third kappa shape index (κ3) is 4.56. The normalized spacial score (nSPS) is 22.8. The second kappa shape index (κ2) is 10.3. The molecule has 8 heteroatoms. The Morgan fingerprint density at radius 3 is 1.78 bits per heavy atom. The van der Waals surface area contributed by atoms with Crippen LogP contribution >= 0.6 is 12.2 Å². The minimum absolute atomic E-state index is 0.0192. The molecule has 1 aromatic carbocycles. The van der Waals surface area contributed by atoms with Crippen LogP contribution in [-0.4, -0.2) is 37.7 Å². The molecule has 6 heterocycles. The quantitative estimate of drug-likeness (QED) is 0.176. The van der Waals surface area contributed by atoms with Gasteiger partial charge in [0.2, 0.25) is 0 Å². The van der Waals surface area contributed by atoms with Gasteiger partial charge in [0.05, 0.1) is 17.1 Å². The fraction of sp³-hybridized carbons (Fsp3) is 0.342. The summed E-state index contributed by atoms with van der Waals surface area (Å²) in [5.41, 5.74) is 10.4. The monoisotopic (exact) mass is 630 g/mol. The molecule has 1 saturated heterocycles. The summed E-state index contributed by atoms with van der Waals surface area (Å²) >= 11 is 5.57. The Hall–Kier alpha value is -4.43. The molecule has 3 aromatic heterocycles. The first-order valence-electron chi connectivity index (χ1n) is 16.1. The molecule has 4 aromatic rings. The lowest BCUT2D eigenvalue weighted by molar-refractivity contribution is -0.119. The predicted molar refractivity (Wildman–Crippen MR) is 191 cm³/mol. The van der Waals surface area contributed by atoms with Crippen molar-refractivity contribution in [3.8, 4) is 0 Å². The Labute approximate surface area is 276 Å². The molecule has 3 aliphatic rings. The predicted octanol–water partition coefficient (Wildman–Crippen LogP) is 7.63. The summed E-state index contributed by atoms with van der Waals surface area (Å²) in [7, 11) is 0. The van der Waals surface area contributed by atoms with Crippen molar-refractivity contribution in [1.82, 2.24) is 20.3 Å². The second-order valence-corrected chi connectivity index (χ2v) is 15.1. The van der Waals surface area contributed by atoms with Crippen molar-refractivity contribution in [3.05, 3.63) is 118 Å². The molecule has 1 amide bonds. The van der Waals surface area contributed by atoms with Gasteiger partial charge in [0, 0.05) is 56.0 Å². The third-order valence-corrected chi connectivity index (χ3v) is 10.6. The maximum atomic E-state index is 13.2. The molecule has 0 radical (unpaired) electrons. The zero-order chi connectivity index (χ0) is 32.8. The van der Waals surface area contributed by atoms with Crippen molar-refractivity contribution in [2.24, 2.45) is 10.9 Å². The molecule has 0 aliphatic carbocycles. The maximum Gasteiger partial charge on any atom is 0.256 e. The molecule has 1 atom stereocenters. The van der Waals surface area contributed by atoms with Crippen LogP contribution in [0.2, 0.25) is 0 Å². The standard InChI is InChI=1S/C38H42N6OS/c1-21(2)33-34(45)44(35(46)43-33)23-11-9-22(10-12-23)32-24-13-15-26(39-24)36(3,4)28-17-19-30(41-28)38(7,8)31-20-18-29(42-31)37(5,6)27-16-14-25(32)40-27/h9-21,33,39,41-42H,1-8H3,(H,43,46)/b32-25-/t33-/m0/s1. The van der Waals surface area contributed by atoms with Crippen LogP contribution in [0.5, 0.6) is 0 Å². The summed E-state index contributed by atoms with van der Waals surface area (Å²) in [4.78, 5) is 31.4. The number of hydrogen-bond acceptors (Lipinski definition) is 3. The highest BCUT2D eigenvalue weighted by Crippen LogP contribution is 2.40. The van der Waals surface area contributed by atoms with Gasteiger partial charge in [-0.25, -0.2) is 0 Å². The van der Waals surface area contributed by atoms with E-state index in [1.165, 1.54) is 0 Å². The van der Waals surface area contributed by atoms with Gasteiger partial charge in [0.15, 0.2) is 5.11 Å². The van der Waals surface area contributed by atoms with Crippen LogP contribution in [0.1, 0.15) is 95.1 Å². The van der Waals surface area contributed by atoms with Gasteiger partial charge in [-0.3, -0.25) is 14.7 Å². The summed E-state index contributed by atoms with van der Waals surface area (Å²) in [6.07, 6.45) is 4.25. The number of amides is 1.